The highest BCUT2D eigenvalue weighted by Crippen LogP contribution is 2.26. The van der Waals surface area contributed by atoms with Gasteiger partial charge in [0.15, 0.2) is 6.10 Å². The molecule has 22 heavy (non-hydrogen) atoms. The second-order valence-electron chi connectivity index (χ2n) is 5.32. The maximum Gasteiger partial charge on any atom is 0.311 e. The van der Waals surface area contributed by atoms with Crippen LogP contribution >= 0.6 is 0 Å². The Labute approximate surface area is 131 Å². The van der Waals surface area contributed by atoms with Crippen molar-refractivity contribution in [1.82, 2.24) is 0 Å². The molecule has 0 amide bonds. The molecule has 0 bridgehead atoms. The van der Waals surface area contributed by atoms with Crippen molar-refractivity contribution < 1.29 is 19.1 Å². The molecule has 0 aliphatic rings. The molecule has 0 N–H and O–H groups in total. The highest BCUT2D eigenvalue weighted by Gasteiger charge is 2.13. The molecule has 1 aromatic carbocycles. The molecule has 0 fully saturated rings. The van der Waals surface area contributed by atoms with E-state index in [4.69, 9.17) is 15.9 Å². The highest BCUT2D eigenvalue weighted by molar-refractivity contribution is 5.74. The Kier molecular flexibility index (Phi) is 7.18. The SMILES string of the molecule is C#CC(C)OC(=O)CCCC(=O)Oc1ccccc1C(C)C. The van der Waals surface area contributed by atoms with E-state index in [2.05, 4.69) is 5.92 Å². The molecular formula is C18H22O4. The average Bonchev–Trinajstić information content (AvgIpc) is 2.47. The Morgan fingerprint density at radius 1 is 1.14 bits per heavy atom. The lowest BCUT2D eigenvalue weighted by atomic mass is 10.0. The molecule has 1 unspecified atom stereocenters. The number of benzene rings is 1. The van der Waals surface area contributed by atoms with Crippen LogP contribution in [0.2, 0.25) is 0 Å². The minimum atomic E-state index is -0.544. The summed E-state index contributed by atoms with van der Waals surface area (Å²) >= 11 is 0. The summed E-state index contributed by atoms with van der Waals surface area (Å²) < 4.78 is 10.3. The van der Waals surface area contributed by atoms with E-state index in [0.717, 1.165) is 5.56 Å². The zero-order chi connectivity index (χ0) is 16.5. The van der Waals surface area contributed by atoms with E-state index in [-0.39, 0.29) is 24.7 Å². The van der Waals surface area contributed by atoms with Crippen LogP contribution in [0, 0.1) is 12.3 Å². The van der Waals surface area contributed by atoms with Gasteiger partial charge in [-0.1, -0.05) is 38.0 Å². The van der Waals surface area contributed by atoms with Crippen molar-refractivity contribution in [2.45, 2.75) is 52.1 Å². The predicted molar refractivity (Wildman–Crippen MR) is 84.4 cm³/mol. The van der Waals surface area contributed by atoms with E-state index < -0.39 is 12.1 Å². The maximum absolute atomic E-state index is 11.8. The van der Waals surface area contributed by atoms with E-state index in [1.165, 1.54) is 0 Å². The summed E-state index contributed by atoms with van der Waals surface area (Å²) in [4.78, 5) is 23.3. The predicted octanol–water partition coefficient (Wildman–Crippen LogP) is 3.45. The van der Waals surface area contributed by atoms with Crippen molar-refractivity contribution in [3.8, 4) is 18.1 Å². The van der Waals surface area contributed by atoms with Crippen LogP contribution in [0.5, 0.6) is 5.75 Å². The molecule has 4 heteroatoms. The van der Waals surface area contributed by atoms with Gasteiger partial charge >= 0.3 is 11.9 Å². The molecule has 0 aromatic heterocycles. The summed E-state index contributed by atoms with van der Waals surface area (Å²) in [5.41, 5.74) is 0.984. The van der Waals surface area contributed by atoms with E-state index in [0.29, 0.717) is 12.2 Å². The first-order valence-electron chi connectivity index (χ1n) is 7.39. The summed E-state index contributed by atoms with van der Waals surface area (Å²) in [6, 6.07) is 7.45. The Balaban J connectivity index is 2.42. The molecule has 118 valence electrons. The Bertz CT molecular complexity index is 554. The molecule has 1 aromatic rings. The fourth-order valence-corrected chi connectivity index (χ4v) is 1.89. The van der Waals surface area contributed by atoms with Crippen molar-refractivity contribution in [3.05, 3.63) is 29.8 Å². The molecule has 1 atom stereocenters. The number of carbonyl (C=O) groups excluding carboxylic acids is 2. The van der Waals surface area contributed by atoms with E-state index >= 15 is 0 Å². The second-order valence-corrected chi connectivity index (χ2v) is 5.32. The van der Waals surface area contributed by atoms with Gasteiger partial charge in [0.05, 0.1) is 0 Å². The third-order valence-corrected chi connectivity index (χ3v) is 3.07. The number of terminal acetylenes is 1. The smallest absolute Gasteiger partial charge is 0.311 e. The van der Waals surface area contributed by atoms with Crippen LogP contribution in [0.4, 0.5) is 0 Å². The summed E-state index contributed by atoms with van der Waals surface area (Å²) in [6.45, 7) is 5.69. The largest absolute Gasteiger partial charge is 0.449 e. The topological polar surface area (TPSA) is 52.6 Å². The summed E-state index contributed by atoms with van der Waals surface area (Å²) in [6.07, 6.45) is 5.25. The van der Waals surface area contributed by atoms with Crippen LogP contribution in [0.25, 0.3) is 0 Å². The number of para-hydroxylation sites is 1. The van der Waals surface area contributed by atoms with Crippen LogP contribution in [0.15, 0.2) is 24.3 Å². The number of hydrogen-bond acceptors (Lipinski definition) is 4. The molecule has 0 aliphatic heterocycles. The van der Waals surface area contributed by atoms with Gasteiger partial charge in [0.25, 0.3) is 0 Å². The molecule has 4 nitrogen and oxygen atoms in total. The van der Waals surface area contributed by atoms with E-state index in [9.17, 15) is 9.59 Å². The van der Waals surface area contributed by atoms with Crippen LogP contribution in [-0.4, -0.2) is 18.0 Å². The van der Waals surface area contributed by atoms with Gasteiger partial charge in [-0.2, -0.15) is 0 Å². The van der Waals surface area contributed by atoms with Crippen LogP contribution in [-0.2, 0) is 14.3 Å². The minimum Gasteiger partial charge on any atom is -0.449 e. The van der Waals surface area contributed by atoms with E-state index in [1.54, 1.807) is 13.0 Å². The zero-order valence-corrected chi connectivity index (χ0v) is 13.3. The van der Waals surface area contributed by atoms with Gasteiger partial charge in [0.2, 0.25) is 0 Å². The first-order chi connectivity index (χ1) is 10.4. The Morgan fingerprint density at radius 3 is 2.41 bits per heavy atom. The monoisotopic (exact) mass is 302 g/mol. The van der Waals surface area contributed by atoms with Gasteiger partial charge in [0, 0.05) is 12.8 Å². The fraction of sp³-hybridized carbons (Fsp3) is 0.444. The van der Waals surface area contributed by atoms with Gasteiger partial charge in [0.1, 0.15) is 5.75 Å². The summed E-state index contributed by atoms with van der Waals surface area (Å²) in [7, 11) is 0. The van der Waals surface area contributed by atoms with Crippen molar-refractivity contribution in [1.29, 1.82) is 0 Å². The highest BCUT2D eigenvalue weighted by atomic mass is 16.5. The standard InChI is InChI=1S/C18H22O4/c1-5-14(4)21-17(19)11-8-12-18(20)22-16-10-7-6-9-15(16)13(2)3/h1,6-7,9-10,13-14H,8,11-12H2,2-4H3. The Morgan fingerprint density at radius 2 is 1.77 bits per heavy atom. The molecule has 0 saturated carbocycles. The van der Waals surface area contributed by atoms with Gasteiger partial charge in [-0.3, -0.25) is 9.59 Å². The molecular weight excluding hydrogens is 280 g/mol. The zero-order valence-electron chi connectivity index (χ0n) is 13.3. The lowest BCUT2D eigenvalue weighted by molar-refractivity contribution is -0.146. The molecule has 0 radical (unpaired) electrons. The van der Waals surface area contributed by atoms with Crippen molar-refractivity contribution in [3.63, 3.8) is 0 Å². The summed E-state index contributed by atoms with van der Waals surface area (Å²) in [5, 5.41) is 0. The van der Waals surface area contributed by atoms with Gasteiger partial charge < -0.3 is 9.47 Å². The number of carbonyl (C=O) groups is 2. The minimum absolute atomic E-state index is 0.146. The second kappa shape index (κ2) is 8.89. The van der Waals surface area contributed by atoms with Gasteiger partial charge in [-0.15, -0.1) is 6.42 Å². The van der Waals surface area contributed by atoms with Crippen LogP contribution < -0.4 is 4.74 Å². The number of hydrogen-bond donors (Lipinski definition) is 0. The van der Waals surface area contributed by atoms with Crippen molar-refractivity contribution in [2.24, 2.45) is 0 Å². The van der Waals surface area contributed by atoms with Gasteiger partial charge in [-0.05, 0) is 30.9 Å². The quantitative estimate of drug-likeness (QED) is 0.440. The van der Waals surface area contributed by atoms with Gasteiger partial charge in [-0.25, -0.2) is 0 Å². The van der Waals surface area contributed by atoms with Crippen molar-refractivity contribution in [2.75, 3.05) is 0 Å². The summed E-state index contributed by atoms with van der Waals surface area (Å²) in [5.74, 6) is 2.39. The molecule has 0 heterocycles. The molecule has 0 aliphatic carbocycles. The van der Waals surface area contributed by atoms with Crippen LogP contribution in [0.1, 0.15) is 51.5 Å². The molecule has 0 spiro atoms. The first kappa shape index (κ1) is 17.8. The number of esters is 2. The van der Waals surface area contributed by atoms with Crippen LogP contribution in [0.3, 0.4) is 0 Å². The molecule has 0 saturated heterocycles. The lowest BCUT2D eigenvalue weighted by Crippen LogP contribution is -2.14. The molecule has 1 rings (SSSR count). The number of ether oxygens (including phenoxy) is 2. The number of rotatable bonds is 7. The van der Waals surface area contributed by atoms with E-state index in [1.807, 2.05) is 32.0 Å². The first-order valence-corrected chi connectivity index (χ1v) is 7.39. The fourth-order valence-electron chi connectivity index (χ4n) is 1.89. The van der Waals surface area contributed by atoms with Crippen molar-refractivity contribution >= 4 is 11.9 Å². The average molecular weight is 302 g/mol. The maximum atomic E-state index is 11.8. The normalized spacial score (nSPS) is 11.6. The Hall–Kier alpha value is -2.28. The third kappa shape index (κ3) is 6.01. The third-order valence-electron chi connectivity index (χ3n) is 3.07. The lowest BCUT2D eigenvalue weighted by Gasteiger charge is -2.12.